The topological polar surface area (TPSA) is 46.3 Å². The predicted molar refractivity (Wildman–Crippen MR) is 87.0 cm³/mol. The number of amides is 1. The van der Waals surface area contributed by atoms with Crippen LogP contribution >= 0.6 is 0 Å². The summed E-state index contributed by atoms with van der Waals surface area (Å²) in [5.41, 5.74) is 7.35. The molecule has 1 aliphatic heterocycles. The zero-order valence-corrected chi connectivity index (χ0v) is 13.1. The normalized spacial score (nSPS) is 17.7. The maximum Gasteiger partial charge on any atom is 0.239 e. The van der Waals surface area contributed by atoms with E-state index in [1.54, 1.807) is 0 Å². The molecule has 0 saturated carbocycles. The van der Waals surface area contributed by atoms with Gasteiger partial charge in [0, 0.05) is 13.1 Å². The maximum atomic E-state index is 12.4. The molecule has 1 aromatic carbocycles. The van der Waals surface area contributed by atoms with E-state index >= 15 is 0 Å². The van der Waals surface area contributed by atoms with Gasteiger partial charge < -0.3 is 10.6 Å². The van der Waals surface area contributed by atoms with Gasteiger partial charge in [-0.1, -0.05) is 50.1 Å². The van der Waals surface area contributed by atoms with Crippen LogP contribution in [-0.4, -0.2) is 29.9 Å². The third-order valence-corrected chi connectivity index (χ3v) is 4.53. The van der Waals surface area contributed by atoms with Gasteiger partial charge in [0.25, 0.3) is 0 Å². The quantitative estimate of drug-likeness (QED) is 0.874. The molecule has 2 rings (SSSR count). The molecule has 0 spiro atoms. The second kappa shape index (κ2) is 8.18. The van der Waals surface area contributed by atoms with Crippen LogP contribution < -0.4 is 5.73 Å². The first-order valence-corrected chi connectivity index (χ1v) is 8.29. The second-order valence-electron chi connectivity index (χ2n) is 6.19. The number of likely N-dealkylation sites (tertiary alicyclic amines) is 1. The molecule has 0 bridgehead atoms. The Balaban J connectivity index is 1.75. The van der Waals surface area contributed by atoms with Crippen molar-refractivity contribution in [2.45, 2.75) is 51.5 Å². The Kier molecular flexibility index (Phi) is 6.24. The number of aryl methyl sites for hydroxylation is 1. The van der Waals surface area contributed by atoms with E-state index in [1.807, 2.05) is 23.1 Å². The Morgan fingerprint density at radius 3 is 2.57 bits per heavy atom. The van der Waals surface area contributed by atoms with E-state index in [9.17, 15) is 4.79 Å². The molecular weight excluding hydrogens is 260 g/mol. The zero-order chi connectivity index (χ0) is 15.1. The third kappa shape index (κ3) is 4.85. The van der Waals surface area contributed by atoms with Gasteiger partial charge in [-0.3, -0.25) is 4.79 Å². The molecule has 1 aromatic rings. The summed E-state index contributed by atoms with van der Waals surface area (Å²) in [6, 6.07) is 9.89. The summed E-state index contributed by atoms with van der Waals surface area (Å²) in [7, 11) is 0. The highest BCUT2D eigenvalue weighted by Gasteiger charge is 2.25. The maximum absolute atomic E-state index is 12.4. The smallest absolute Gasteiger partial charge is 0.239 e. The number of carbonyl (C=O) groups is 1. The summed E-state index contributed by atoms with van der Waals surface area (Å²) in [6.45, 7) is 4.02. The van der Waals surface area contributed by atoms with E-state index in [0.717, 1.165) is 44.7 Å². The number of rotatable bonds is 6. The fourth-order valence-corrected chi connectivity index (χ4v) is 3.18. The highest BCUT2D eigenvalue weighted by molar-refractivity contribution is 5.81. The highest BCUT2D eigenvalue weighted by atomic mass is 16.2. The average Bonchev–Trinajstić information content (AvgIpc) is 2.54. The first kappa shape index (κ1) is 16.0. The molecule has 0 aromatic heterocycles. The molecule has 1 fully saturated rings. The number of carbonyl (C=O) groups excluding carboxylic acids is 1. The number of nitrogens with two attached hydrogens (primary N) is 1. The van der Waals surface area contributed by atoms with Crippen molar-refractivity contribution in [2.75, 3.05) is 13.1 Å². The average molecular weight is 288 g/mol. The molecule has 1 amide bonds. The van der Waals surface area contributed by atoms with E-state index in [2.05, 4.69) is 19.1 Å². The lowest BCUT2D eigenvalue weighted by molar-refractivity contribution is -0.134. The molecule has 0 radical (unpaired) electrons. The Bertz CT molecular complexity index is 424. The van der Waals surface area contributed by atoms with Crippen molar-refractivity contribution in [3.63, 3.8) is 0 Å². The fraction of sp³-hybridized carbons (Fsp3) is 0.611. The zero-order valence-electron chi connectivity index (χ0n) is 13.1. The summed E-state index contributed by atoms with van der Waals surface area (Å²) >= 11 is 0. The van der Waals surface area contributed by atoms with Gasteiger partial charge in [-0.05, 0) is 37.2 Å². The van der Waals surface area contributed by atoms with Crippen molar-refractivity contribution in [2.24, 2.45) is 11.7 Å². The van der Waals surface area contributed by atoms with Gasteiger partial charge in [0.05, 0.1) is 6.04 Å². The first-order valence-electron chi connectivity index (χ1n) is 8.29. The van der Waals surface area contributed by atoms with Crippen LogP contribution in [0.2, 0.25) is 0 Å². The Hall–Kier alpha value is -1.35. The van der Waals surface area contributed by atoms with Crippen LogP contribution in [0, 0.1) is 5.92 Å². The Labute approximate surface area is 128 Å². The molecule has 21 heavy (non-hydrogen) atoms. The van der Waals surface area contributed by atoms with Crippen LogP contribution in [0.5, 0.6) is 0 Å². The van der Waals surface area contributed by atoms with Crippen LogP contribution in [0.25, 0.3) is 0 Å². The molecule has 0 aliphatic carbocycles. The minimum Gasteiger partial charge on any atom is -0.341 e. The number of nitrogens with zero attached hydrogens (tertiary/aromatic N) is 1. The molecule has 0 unspecified atom stereocenters. The van der Waals surface area contributed by atoms with Crippen molar-refractivity contribution >= 4 is 5.91 Å². The predicted octanol–water partition coefficient (Wildman–Crippen LogP) is 2.99. The molecule has 1 atom stereocenters. The monoisotopic (exact) mass is 288 g/mol. The van der Waals surface area contributed by atoms with Crippen molar-refractivity contribution in [1.29, 1.82) is 0 Å². The molecule has 1 aliphatic rings. The van der Waals surface area contributed by atoms with E-state index in [1.165, 1.54) is 18.4 Å². The molecule has 1 heterocycles. The first-order chi connectivity index (χ1) is 10.2. The van der Waals surface area contributed by atoms with Gasteiger partial charge in [-0.25, -0.2) is 0 Å². The van der Waals surface area contributed by atoms with Crippen molar-refractivity contribution in [1.82, 2.24) is 4.90 Å². The van der Waals surface area contributed by atoms with Gasteiger partial charge in [0.15, 0.2) is 0 Å². The Morgan fingerprint density at radius 2 is 1.95 bits per heavy atom. The molecular formula is C18H28N2O. The van der Waals surface area contributed by atoms with Gasteiger partial charge in [-0.15, -0.1) is 0 Å². The van der Waals surface area contributed by atoms with Crippen molar-refractivity contribution in [3.8, 4) is 0 Å². The molecule has 1 saturated heterocycles. The fourth-order valence-electron chi connectivity index (χ4n) is 3.18. The number of hydrogen-bond acceptors (Lipinski definition) is 2. The summed E-state index contributed by atoms with van der Waals surface area (Å²) < 4.78 is 0. The lowest BCUT2D eigenvalue weighted by Gasteiger charge is -2.33. The molecule has 116 valence electrons. The SMILES string of the molecule is CCCC1CCN(C(=O)[C@@H](N)CCc2ccccc2)CC1. The van der Waals surface area contributed by atoms with Gasteiger partial charge >= 0.3 is 0 Å². The highest BCUT2D eigenvalue weighted by Crippen LogP contribution is 2.22. The van der Waals surface area contributed by atoms with E-state index in [0.29, 0.717) is 0 Å². The lowest BCUT2D eigenvalue weighted by atomic mass is 9.92. The van der Waals surface area contributed by atoms with Crippen LogP contribution in [0.1, 0.15) is 44.6 Å². The van der Waals surface area contributed by atoms with Gasteiger partial charge in [-0.2, -0.15) is 0 Å². The third-order valence-electron chi connectivity index (χ3n) is 4.53. The van der Waals surface area contributed by atoms with Gasteiger partial charge in [0.2, 0.25) is 5.91 Å². The summed E-state index contributed by atoms with van der Waals surface area (Å²) in [6.07, 6.45) is 6.44. The molecule has 3 nitrogen and oxygen atoms in total. The van der Waals surface area contributed by atoms with Gasteiger partial charge in [0.1, 0.15) is 0 Å². The lowest BCUT2D eigenvalue weighted by Crippen LogP contribution is -2.47. The van der Waals surface area contributed by atoms with Crippen molar-refractivity contribution in [3.05, 3.63) is 35.9 Å². The molecule has 2 N–H and O–H groups in total. The van der Waals surface area contributed by atoms with E-state index in [-0.39, 0.29) is 11.9 Å². The second-order valence-corrected chi connectivity index (χ2v) is 6.19. The van der Waals surface area contributed by atoms with Crippen LogP contribution in [0.3, 0.4) is 0 Å². The van der Waals surface area contributed by atoms with E-state index in [4.69, 9.17) is 5.73 Å². The van der Waals surface area contributed by atoms with E-state index < -0.39 is 0 Å². The number of benzene rings is 1. The number of hydrogen-bond donors (Lipinski definition) is 1. The minimum absolute atomic E-state index is 0.140. The minimum atomic E-state index is -0.354. The van der Waals surface area contributed by atoms with Crippen LogP contribution in [0.15, 0.2) is 30.3 Å². The van der Waals surface area contributed by atoms with Crippen LogP contribution in [-0.2, 0) is 11.2 Å². The number of piperidine rings is 1. The summed E-state index contributed by atoms with van der Waals surface area (Å²) in [5, 5.41) is 0. The summed E-state index contributed by atoms with van der Waals surface area (Å²) in [5.74, 6) is 0.945. The largest absolute Gasteiger partial charge is 0.341 e. The van der Waals surface area contributed by atoms with Crippen molar-refractivity contribution < 1.29 is 4.79 Å². The standard InChI is InChI=1S/C18H28N2O/c1-2-6-15-11-13-20(14-12-15)18(21)17(19)10-9-16-7-4-3-5-8-16/h3-5,7-8,15,17H,2,6,9-14,19H2,1H3/t17-/m0/s1. The summed E-state index contributed by atoms with van der Waals surface area (Å²) in [4.78, 5) is 14.4. The molecule has 3 heteroatoms. The Morgan fingerprint density at radius 1 is 1.29 bits per heavy atom. The van der Waals surface area contributed by atoms with Crippen LogP contribution in [0.4, 0.5) is 0 Å².